The minimum Gasteiger partial charge on any atom is -0.399 e. The number of rotatable bonds is 4. The highest BCUT2D eigenvalue weighted by molar-refractivity contribution is 7.90. The molecule has 1 amide bonds. The smallest absolute Gasteiger partial charge is 0.253 e. The molecule has 1 unspecified atom stereocenters. The molecular formula is C12H19ClN2O3S. The molecule has 1 rings (SSSR count). The highest BCUT2D eigenvalue weighted by atomic mass is 35.5. The van der Waals surface area contributed by atoms with Crippen LogP contribution in [0.5, 0.6) is 0 Å². The van der Waals surface area contributed by atoms with Crippen molar-refractivity contribution in [1.29, 1.82) is 0 Å². The Morgan fingerprint density at radius 2 is 2.00 bits per heavy atom. The van der Waals surface area contributed by atoms with Crippen LogP contribution in [0.2, 0.25) is 0 Å². The number of nitrogens with two attached hydrogens (primary N) is 1. The summed E-state index contributed by atoms with van der Waals surface area (Å²) in [4.78, 5) is 13.5. The lowest BCUT2D eigenvalue weighted by Crippen LogP contribution is -2.39. The average Bonchev–Trinajstić information content (AvgIpc) is 2.24. The molecule has 0 radical (unpaired) electrons. The Labute approximate surface area is 120 Å². The number of anilines is 1. The molecule has 5 nitrogen and oxygen atoms in total. The Morgan fingerprint density at radius 1 is 1.42 bits per heavy atom. The Morgan fingerprint density at radius 3 is 2.47 bits per heavy atom. The summed E-state index contributed by atoms with van der Waals surface area (Å²) in [5.74, 6) is -0.296. The second kappa shape index (κ2) is 6.77. The van der Waals surface area contributed by atoms with Gasteiger partial charge in [0.05, 0.1) is 5.75 Å². The first-order valence-electron chi connectivity index (χ1n) is 5.51. The number of hydrogen-bond acceptors (Lipinski definition) is 4. The van der Waals surface area contributed by atoms with Gasteiger partial charge < -0.3 is 10.6 Å². The Bertz CT molecular complexity index is 546. The molecule has 0 aliphatic heterocycles. The number of halogens is 1. The first-order chi connectivity index (χ1) is 8.20. The van der Waals surface area contributed by atoms with E-state index >= 15 is 0 Å². The number of benzene rings is 1. The highest BCUT2D eigenvalue weighted by Gasteiger charge is 2.20. The summed E-state index contributed by atoms with van der Waals surface area (Å²) in [5, 5.41) is 0. The third-order valence-electron chi connectivity index (χ3n) is 2.66. The van der Waals surface area contributed by atoms with Crippen LogP contribution >= 0.6 is 12.4 Å². The molecule has 0 fully saturated rings. The zero-order valence-corrected chi connectivity index (χ0v) is 12.8. The fourth-order valence-electron chi connectivity index (χ4n) is 1.63. The lowest BCUT2D eigenvalue weighted by atomic mass is 10.1. The van der Waals surface area contributed by atoms with Gasteiger partial charge in [-0.2, -0.15) is 0 Å². The molecule has 0 aromatic heterocycles. The van der Waals surface area contributed by atoms with Crippen LogP contribution in [0.25, 0.3) is 0 Å². The molecule has 7 heteroatoms. The Kier molecular flexibility index (Phi) is 6.32. The van der Waals surface area contributed by atoms with Crippen molar-refractivity contribution in [2.24, 2.45) is 0 Å². The SMILES string of the molecule is CC(CS(C)(=O)=O)N(C)C(=O)c1cccc(N)c1.Cl. The van der Waals surface area contributed by atoms with E-state index in [1.165, 1.54) is 4.90 Å². The van der Waals surface area contributed by atoms with Crippen molar-refractivity contribution in [3.8, 4) is 0 Å². The molecule has 1 aromatic rings. The van der Waals surface area contributed by atoms with Crippen molar-refractivity contribution >= 4 is 33.8 Å². The van der Waals surface area contributed by atoms with Crippen molar-refractivity contribution in [3.63, 3.8) is 0 Å². The zero-order chi connectivity index (χ0) is 13.9. The van der Waals surface area contributed by atoms with Crippen molar-refractivity contribution < 1.29 is 13.2 Å². The number of nitrogens with zero attached hydrogens (tertiary/aromatic N) is 1. The topological polar surface area (TPSA) is 80.5 Å². The molecule has 0 spiro atoms. The highest BCUT2D eigenvalue weighted by Crippen LogP contribution is 2.11. The molecule has 0 aliphatic rings. The van der Waals surface area contributed by atoms with E-state index < -0.39 is 9.84 Å². The number of carbonyl (C=O) groups is 1. The number of hydrogen-bond donors (Lipinski definition) is 1. The van der Waals surface area contributed by atoms with E-state index in [1.807, 2.05) is 0 Å². The maximum atomic E-state index is 12.1. The monoisotopic (exact) mass is 306 g/mol. The number of sulfone groups is 1. The van der Waals surface area contributed by atoms with Crippen molar-refractivity contribution in [3.05, 3.63) is 29.8 Å². The van der Waals surface area contributed by atoms with Crippen LogP contribution in [0.15, 0.2) is 24.3 Å². The molecule has 0 bridgehead atoms. The molecule has 2 N–H and O–H groups in total. The molecule has 1 atom stereocenters. The van der Waals surface area contributed by atoms with Gasteiger partial charge in [0, 0.05) is 30.6 Å². The van der Waals surface area contributed by atoms with E-state index in [1.54, 1.807) is 38.2 Å². The molecule has 1 aromatic carbocycles. The molecule has 0 saturated heterocycles. The second-order valence-electron chi connectivity index (χ2n) is 4.48. The first-order valence-corrected chi connectivity index (χ1v) is 7.57. The van der Waals surface area contributed by atoms with Crippen LogP contribution in [0.1, 0.15) is 17.3 Å². The lowest BCUT2D eigenvalue weighted by molar-refractivity contribution is 0.0757. The average molecular weight is 307 g/mol. The molecule has 108 valence electrons. The van der Waals surface area contributed by atoms with E-state index in [-0.39, 0.29) is 30.1 Å². The van der Waals surface area contributed by atoms with Gasteiger partial charge in [-0.1, -0.05) is 6.07 Å². The van der Waals surface area contributed by atoms with Gasteiger partial charge in [0.25, 0.3) is 5.91 Å². The minimum atomic E-state index is -3.11. The fraction of sp³-hybridized carbons (Fsp3) is 0.417. The van der Waals surface area contributed by atoms with Gasteiger partial charge in [0.1, 0.15) is 9.84 Å². The zero-order valence-electron chi connectivity index (χ0n) is 11.2. The van der Waals surface area contributed by atoms with Gasteiger partial charge in [-0.25, -0.2) is 8.42 Å². The van der Waals surface area contributed by atoms with E-state index in [2.05, 4.69) is 0 Å². The van der Waals surface area contributed by atoms with E-state index in [4.69, 9.17) is 5.73 Å². The van der Waals surface area contributed by atoms with Gasteiger partial charge in [-0.15, -0.1) is 12.4 Å². The van der Waals surface area contributed by atoms with Crippen molar-refractivity contribution in [1.82, 2.24) is 4.90 Å². The summed E-state index contributed by atoms with van der Waals surface area (Å²) in [6, 6.07) is 6.23. The van der Waals surface area contributed by atoms with Crippen molar-refractivity contribution in [2.45, 2.75) is 13.0 Å². The Balaban J connectivity index is 0.00000324. The van der Waals surface area contributed by atoms with Gasteiger partial charge >= 0.3 is 0 Å². The molecule has 0 aliphatic carbocycles. The van der Waals surface area contributed by atoms with Crippen LogP contribution in [0.4, 0.5) is 5.69 Å². The summed E-state index contributed by atoms with van der Waals surface area (Å²) in [6.07, 6.45) is 1.16. The maximum absolute atomic E-state index is 12.1. The molecule has 0 saturated carbocycles. The summed E-state index contributed by atoms with van der Waals surface area (Å²) < 4.78 is 22.4. The van der Waals surface area contributed by atoms with E-state index in [0.29, 0.717) is 11.3 Å². The minimum absolute atomic E-state index is 0. The fourth-order valence-corrected chi connectivity index (χ4v) is 2.73. The lowest BCUT2D eigenvalue weighted by Gasteiger charge is -2.24. The molecular weight excluding hydrogens is 288 g/mol. The number of nitrogen functional groups attached to an aromatic ring is 1. The largest absolute Gasteiger partial charge is 0.399 e. The van der Waals surface area contributed by atoms with Crippen LogP contribution in [0, 0.1) is 0 Å². The van der Waals surface area contributed by atoms with Crippen LogP contribution in [-0.2, 0) is 9.84 Å². The standard InChI is InChI=1S/C12H18N2O3S.ClH/c1-9(8-18(3,16)17)14(2)12(15)10-5-4-6-11(13)7-10;/h4-7,9H,8,13H2,1-3H3;1H. The van der Waals surface area contributed by atoms with Crippen LogP contribution in [-0.4, -0.2) is 44.3 Å². The molecule has 0 heterocycles. The summed E-state index contributed by atoms with van der Waals surface area (Å²) >= 11 is 0. The third kappa shape index (κ3) is 5.48. The predicted octanol–water partition coefficient (Wildman–Crippen LogP) is 1.20. The summed E-state index contributed by atoms with van der Waals surface area (Å²) in [6.45, 7) is 1.70. The van der Waals surface area contributed by atoms with Gasteiger partial charge in [-0.3, -0.25) is 4.79 Å². The second-order valence-corrected chi connectivity index (χ2v) is 6.67. The van der Waals surface area contributed by atoms with Crippen LogP contribution in [0.3, 0.4) is 0 Å². The van der Waals surface area contributed by atoms with Crippen molar-refractivity contribution in [2.75, 3.05) is 24.8 Å². The summed E-state index contributed by atoms with van der Waals surface area (Å²) in [5.41, 5.74) is 6.57. The Hall–Kier alpha value is -1.27. The molecule has 19 heavy (non-hydrogen) atoms. The van der Waals surface area contributed by atoms with E-state index in [9.17, 15) is 13.2 Å². The normalized spacial score (nSPS) is 12.4. The van der Waals surface area contributed by atoms with E-state index in [0.717, 1.165) is 6.26 Å². The number of carbonyl (C=O) groups excluding carboxylic acids is 1. The van der Waals surface area contributed by atoms with Gasteiger partial charge in [0.15, 0.2) is 0 Å². The van der Waals surface area contributed by atoms with Crippen LogP contribution < -0.4 is 5.73 Å². The quantitative estimate of drug-likeness (QED) is 0.848. The predicted molar refractivity (Wildman–Crippen MR) is 79.4 cm³/mol. The van der Waals surface area contributed by atoms with Gasteiger partial charge in [-0.05, 0) is 25.1 Å². The summed E-state index contributed by atoms with van der Waals surface area (Å²) in [7, 11) is -1.53. The van der Waals surface area contributed by atoms with Gasteiger partial charge in [0.2, 0.25) is 0 Å². The number of amides is 1. The first kappa shape index (κ1) is 17.7. The maximum Gasteiger partial charge on any atom is 0.253 e. The third-order valence-corrected chi connectivity index (χ3v) is 3.75.